The predicted molar refractivity (Wildman–Crippen MR) is 286 cm³/mol. The summed E-state index contributed by atoms with van der Waals surface area (Å²) < 4.78 is 6.56. The van der Waals surface area contributed by atoms with E-state index in [4.69, 9.17) is 4.42 Å². The van der Waals surface area contributed by atoms with E-state index in [1.807, 2.05) is 0 Å². The van der Waals surface area contributed by atoms with Crippen molar-refractivity contribution >= 4 is 39.0 Å². The van der Waals surface area contributed by atoms with Gasteiger partial charge in [0.2, 0.25) is 0 Å². The molecular formula is C67H43NO. The number of furan rings is 1. The number of benzene rings is 11. The Labute approximate surface area is 401 Å². The second-order valence-electron chi connectivity index (χ2n) is 18.3. The number of para-hydroxylation sites is 1. The monoisotopic (exact) mass is 877 g/mol. The van der Waals surface area contributed by atoms with E-state index in [0.29, 0.717) is 0 Å². The molecule has 322 valence electrons. The molecule has 69 heavy (non-hydrogen) atoms. The highest BCUT2D eigenvalue weighted by atomic mass is 16.3. The molecule has 14 rings (SSSR count). The molecule has 0 saturated heterocycles. The first kappa shape index (κ1) is 39.2. The van der Waals surface area contributed by atoms with Crippen LogP contribution in [-0.2, 0) is 5.41 Å². The van der Waals surface area contributed by atoms with Crippen LogP contribution in [0.3, 0.4) is 0 Å². The Balaban J connectivity index is 0.916. The minimum absolute atomic E-state index is 0.451. The number of anilines is 3. The lowest BCUT2D eigenvalue weighted by Gasteiger charge is -2.32. The van der Waals surface area contributed by atoms with Crippen molar-refractivity contribution in [3.63, 3.8) is 0 Å². The minimum atomic E-state index is -0.451. The van der Waals surface area contributed by atoms with E-state index >= 15 is 0 Å². The first-order valence-corrected chi connectivity index (χ1v) is 23.8. The summed E-state index contributed by atoms with van der Waals surface area (Å²) in [6.07, 6.45) is 0. The van der Waals surface area contributed by atoms with Crippen molar-refractivity contribution in [1.82, 2.24) is 0 Å². The smallest absolute Gasteiger partial charge is 0.143 e. The van der Waals surface area contributed by atoms with Gasteiger partial charge in [-0.2, -0.15) is 0 Å². The average Bonchev–Trinajstić information content (AvgIpc) is 4.06. The Kier molecular flexibility index (Phi) is 8.84. The Morgan fingerprint density at radius 1 is 0.261 bits per heavy atom. The molecule has 11 aromatic carbocycles. The van der Waals surface area contributed by atoms with Crippen molar-refractivity contribution in [2.75, 3.05) is 4.90 Å². The lowest BCUT2D eigenvalue weighted by molar-refractivity contribution is 0.670. The first-order valence-electron chi connectivity index (χ1n) is 23.8. The van der Waals surface area contributed by atoms with E-state index < -0.39 is 5.41 Å². The van der Waals surface area contributed by atoms with Crippen LogP contribution in [0.5, 0.6) is 0 Å². The maximum atomic E-state index is 6.56. The summed E-state index contributed by atoms with van der Waals surface area (Å²) in [7, 11) is 0. The number of hydrogen-bond donors (Lipinski definition) is 0. The van der Waals surface area contributed by atoms with Gasteiger partial charge in [-0.15, -0.1) is 0 Å². The summed E-state index contributed by atoms with van der Waals surface area (Å²) in [5.74, 6) is 0. The molecule has 1 heterocycles. The van der Waals surface area contributed by atoms with Crippen LogP contribution in [0, 0.1) is 0 Å². The first-order chi connectivity index (χ1) is 34.2. The Morgan fingerprint density at radius 2 is 0.696 bits per heavy atom. The fourth-order valence-electron chi connectivity index (χ4n) is 11.7. The van der Waals surface area contributed by atoms with Gasteiger partial charge in [-0.05, 0) is 132 Å². The Morgan fingerprint density at radius 3 is 1.28 bits per heavy atom. The predicted octanol–water partition coefficient (Wildman–Crippen LogP) is 18.1. The summed E-state index contributed by atoms with van der Waals surface area (Å²) in [6, 6.07) is 95.4. The third-order valence-electron chi connectivity index (χ3n) is 14.7. The molecule has 0 fully saturated rings. The van der Waals surface area contributed by atoms with Gasteiger partial charge in [0.1, 0.15) is 11.2 Å². The van der Waals surface area contributed by atoms with Gasteiger partial charge in [0.15, 0.2) is 0 Å². The van der Waals surface area contributed by atoms with Crippen molar-refractivity contribution < 1.29 is 4.42 Å². The molecule has 2 aliphatic rings. The normalized spacial score (nSPS) is 12.8. The van der Waals surface area contributed by atoms with Crippen molar-refractivity contribution in [2.45, 2.75) is 5.41 Å². The van der Waals surface area contributed by atoms with Crippen molar-refractivity contribution in [3.05, 3.63) is 283 Å². The SMILES string of the molecule is c1ccc(-c2ccccc2-c2ccc(N(c3ccc(-c4ccc5oc6c(-c7ccccc7)cccc6c5c4)cc3)c3ccc4c(c3)C3(c5ccccc5-c5ccccc53)c3ccccc3-4)cc2)cc1. The second-order valence-corrected chi connectivity index (χ2v) is 18.3. The van der Waals surface area contributed by atoms with Crippen LogP contribution in [0.25, 0.3) is 88.7 Å². The quantitative estimate of drug-likeness (QED) is 0.159. The summed E-state index contributed by atoms with van der Waals surface area (Å²) in [6.45, 7) is 0. The molecule has 0 atom stereocenters. The van der Waals surface area contributed by atoms with Crippen LogP contribution >= 0.6 is 0 Å². The highest BCUT2D eigenvalue weighted by molar-refractivity contribution is 6.10. The molecule has 0 saturated carbocycles. The molecule has 12 aromatic rings. The van der Waals surface area contributed by atoms with E-state index in [9.17, 15) is 0 Å². The van der Waals surface area contributed by atoms with Crippen LogP contribution in [-0.4, -0.2) is 0 Å². The van der Waals surface area contributed by atoms with Crippen LogP contribution < -0.4 is 4.90 Å². The Bertz CT molecular complexity index is 3880. The van der Waals surface area contributed by atoms with Crippen LogP contribution in [0.15, 0.2) is 265 Å². The molecule has 2 aliphatic carbocycles. The summed E-state index contributed by atoms with van der Waals surface area (Å²) in [5, 5.41) is 2.23. The fourth-order valence-corrected chi connectivity index (χ4v) is 11.7. The Hall–Kier alpha value is -8.98. The fraction of sp³-hybridized carbons (Fsp3) is 0.0149. The van der Waals surface area contributed by atoms with Gasteiger partial charge in [0.05, 0.1) is 5.41 Å². The van der Waals surface area contributed by atoms with Gasteiger partial charge in [-0.3, -0.25) is 0 Å². The summed E-state index contributed by atoms with van der Waals surface area (Å²) in [5.41, 5.74) is 24.5. The molecule has 0 radical (unpaired) electrons. The van der Waals surface area contributed by atoms with Crippen LogP contribution in [0.2, 0.25) is 0 Å². The maximum Gasteiger partial charge on any atom is 0.143 e. The maximum absolute atomic E-state index is 6.56. The average molecular weight is 878 g/mol. The third kappa shape index (κ3) is 5.99. The number of hydrogen-bond acceptors (Lipinski definition) is 2. The largest absolute Gasteiger partial charge is 0.455 e. The minimum Gasteiger partial charge on any atom is -0.455 e. The van der Waals surface area contributed by atoms with Crippen molar-refractivity contribution in [2.24, 2.45) is 0 Å². The van der Waals surface area contributed by atoms with Crippen molar-refractivity contribution in [3.8, 4) is 66.8 Å². The molecular weight excluding hydrogens is 835 g/mol. The lowest BCUT2D eigenvalue weighted by atomic mass is 9.70. The zero-order valence-corrected chi connectivity index (χ0v) is 37.7. The van der Waals surface area contributed by atoms with Gasteiger partial charge in [0, 0.05) is 33.4 Å². The summed E-state index contributed by atoms with van der Waals surface area (Å²) >= 11 is 0. The molecule has 0 amide bonds. The number of fused-ring (bicyclic) bond motifs is 13. The van der Waals surface area contributed by atoms with E-state index in [-0.39, 0.29) is 0 Å². The van der Waals surface area contributed by atoms with Crippen LogP contribution in [0.1, 0.15) is 22.3 Å². The van der Waals surface area contributed by atoms with E-state index in [1.54, 1.807) is 0 Å². The lowest BCUT2D eigenvalue weighted by Crippen LogP contribution is -2.26. The highest BCUT2D eigenvalue weighted by Crippen LogP contribution is 2.63. The molecule has 1 aromatic heterocycles. The van der Waals surface area contributed by atoms with Gasteiger partial charge in [0.25, 0.3) is 0 Å². The van der Waals surface area contributed by atoms with Gasteiger partial charge < -0.3 is 9.32 Å². The van der Waals surface area contributed by atoms with E-state index in [0.717, 1.165) is 61.3 Å². The molecule has 0 unspecified atom stereocenters. The molecule has 1 spiro atoms. The second kappa shape index (κ2) is 15.6. The molecule has 0 N–H and O–H groups in total. The topological polar surface area (TPSA) is 16.4 Å². The van der Waals surface area contributed by atoms with Gasteiger partial charge >= 0.3 is 0 Å². The van der Waals surface area contributed by atoms with Gasteiger partial charge in [-0.25, -0.2) is 0 Å². The van der Waals surface area contributed by atoms with E-state index in [2.05, 4.69) is 266 Å². The van der Waals surface area contributed by atoms with Gasteiger partial charge in [-0.1, -0.05) is 212 Å². The van der Waals surface area contributed by atoms with Crippen LogP contribution in [0.4, 0.5) is 17.1 Å². The van der Waals surface area contributed by atoms with E-state index in [1.165, 1.54) is 66.8 Å². The third-order valence-corrected chi connectivity index (χ3v) is 14.7. The zero-order chi connectivity index (χ0) is 45.5. The number of nitrogens with zero attached hydrogens (tertiary/aromatic N) is 1. The molecule has 0 aliphatic heterocycles. The van der Waals surface area contributed by atoms with Crippen molar-refractivity contribution in [1.29, 1.82) is 0 Å². The summed E-state index contributed by atoms with van der Waals surface area (Å²) in [4.78, 5) is 2.43. The number of rotatable bonds is 7. The standard InChI is InChI=1S/C67H43NO/c1-3-16-45(17-4-1)52-20-7-8-21-53(52)47-32-37-50(38-33-47)68(49-35-30-44(31-36-49)48-34-41-65-60(42-48)59-26-15-25-54(66(59)69-65)46-18-5-2-6-19-46)51-39-40-58-57-24-11-14-29-63(57)67(64(58)43-51)61-27-12-9-22-55(61)56-23-10-13-28-62(56)67/h1-43H. The molecule has 2 heteroatoms. The highest BCUT2D eigenvalue weighted by Gasteiger charge is 2.51. The zero-order valence-electron chi connectivity index (χ0n) is 37.7. The molecule has 0 bridgehead atoms. The molecule has 2 nitrogen and oxygen atoms in total.